The summed E-state index contributed by atoms with van der Waals surface area (Å²) >= 11 is 0. The second-order valence-electron chi connectivity index (χ2n) is 6.06. The summed E-state index contributed by atoms with van der Waals surface area (Å²) in [6.45, 7) is 0. The number of rotatable bonds is 6. The number of aliphatic hydroxyl groups is 1. The topological polar surface area (TPSA) is 92.0 Å². The fraction of sp³-hybridized carbons (Fsp3) is 0.222. The number of nitrogens with one attached hydrogen (secondary N) is 1. The first-order valence-corrected chi connectivity index (χ1v) is 9.45. The lowest BCUT2D eigenvalue weighted by Crippen LogP contribution is -2.28. The molecule has 0 aliphatic carbocycles. The predicted octanol–water partition coefficient (Wildman–Crippen LogP) is 2.62. The predicted molar refractivity (Wildman–Crippen MR) is 98.8 cm³/mol. The summed E-state index contributed by atoms with van der Waals surface area (Å²) in [7, 11) is 0.737. The molecule has 0 radical (unpaired) electrons. The molecule has 0 bridgehead atoms. The van der Waals surface area contributed by atoms with Gasteiger partial charge in [0.1, 0.15) is 27.8 Å². The molecule has 0 aliphatic rings. The van der Waals surface area contributed by atoms with Crippen molar-refractivity contribution in [2.75, 3.05) is 26.1 Å². The normalized spacial score (nSPS) is 12.9. The van der Waals surface area contributed by atoms with Gasteiger partial charge in [0.2, 0.25) is 10.0 Å². The smallest absolute Gasteiger partial charge is 0.246 e. The Morgan fingerprint density at radius 1 is 1.22 bits per heavy atom. The van der Waals surface area contributed by atoms with Gasteiger partial charge in [-0.05, 0) is 24.3 Å². The first-order chi connectivity index (χ1) is 12.7. The molecule has 2 N–H and O–H groups in total. The van der Waals surface area contributed by atoms with E-state index in [0.29, 0.717) is 5.69 Å². The van der Waals surface area contributed by atoms with E-state index in [2.05, 4.69) is 4.72 Å². The van der Waals surface area contributed by atoms with Gasteiger partial charge in [0.15, 0.2) is 6.23 Å². The Morgan fingerprint density at radius 2 is 1.93 bits per heavy atom. The summed E-state index contributed by atoms with van der Waals surface area (Å²) in [5.41, 5.74) is 0.772. The van der Waals surface area contributed by atoms with Gasteiger partial charge in [0.25, 0.3) is 0 Å². The number of furan rings is 1. The van der Waals surface area contributed by atoms with Crippen LogP contribution in [0.2, 0.25) is 0 Å². The molecule has 0 amide bonds. The van der Waals surface area contributed by atoms with Gasteiger partial charge in [0.05, 0.1) is 12.5 Å². The van der Waals surface area contributed by atoms with Gasteiger partial charge in [-0.1, -0.05) is 12.1 Å². The number of aliphatic hydroxyl groups excluding tert-OH is 1. The summed E-state index contributed by atoms with van der Waals surface area (Å²) in [5.74, 6) is -0.534. The molecule has 0 aliphatic heterocycles. The van der Waals surface area contributed by atoms with Gasteiger partial charge in [-0.25, -0.2) is 12.8 Å². The van der Waals surface area contributed by atoms with E-state index in [4.69, 9.17) is 9.15 Å². The van der Waals surface area contributed by atoms with Crippen LogP contribution in [0.4, 0.5) is 10.1 Å². The molecule has 0 spiro atoms. The number of anilines is 1. The van der Waals surface area contributed by atoms with Crippen LogP contribution in [0, 0.1) is 5.82 Å². The molecule has 1 atom stereocenters. The molecule has 1 heterocycles. The van der Waals surface area contributed by atoms with Gasteiger partial charge < -0.3 is 19.2 Å². The highest BCUT2D eigenvalue weighted by molar-refractivity contribution is 7.89. The average Bonchev–Trinajstić information content (AvgIpc) is 3.06. The molecule has 0 fully saturated rings. The van der Waals surface area contributed by atoms with Crippen molar-refractivity contribution >= 4 is 26.7 Å². The van der Waals surface area contributed by atoms with Crippen LogP contribution in [-0.2, 0) is 10.0 Å². The van der Waals surface area contributed by atoms with Crippen LogP contribution in [0.5, 0.6) is 5.75 Å². The van der Waals surface area contributed by atoms with E-state index in [9.17, 15) is 17.9 Å². The highest BCUT2D eigenvalue weighted by atomic mass is 32.2. The SMILES string of the molecule is COc1ccccc1S(=O)(=O)NC(O)c1cc2c(F)cc(N(C)C)cc2o1. The second-order valence-corrected chi connectivity index (χ2v) is 7.74. The number of hydrogen-bond acceptors (Lipinski definition) is 6. The minimum Gasteiger partial charge on any atom is -0.495 e. The van der Waals surface area contributed by atoms with E-state index < -0.39 is 22.1 Å². The van der Waals surface area contributed by atoms with Crippen molar-refractivity contribution < 1.29 is 27.1 Å². The molecule has 1 unspecified atom stereocenters. The molecule has 2 aromatic carbocycles. The van der Waals surface area contributed by atoms with Crippen LogP contribution >= 0.6 is 0 Å². The zero-order chi connectivity index (χ0) is 19.8. The van der Waals surface area contributed by atoms with Crippen LogP contribution in [0.25, 0.3) is 11.0 Å². The molecule has 3 aromatic rings. The zero-order valence-corrected chi connectivity index (χ0v) is 15.7. The van der Waals surface area contributed by atoms with Gasteiger partial charge in [-0.15, -0.1) is 0 Å². The van der Waals surface area contributed by atoms with Crippen molar-refractivity contribution in [2.24, 2.45) is 0 Å². The van der Waals surface area contributed by atoms with E-state index in [-0.39, 0.29) is 27.4 Å². The number of nitrogens with zero attached hydrogens (tertiary/aromatic N) is 1. The Balaban J connectivity index is 1.94. The van der Waals surface area contributed by atoms with Crippen molar-refractivity contribution in [3.63, 3.8) is 0 Å². The van der Waals surface area contributed by atoms with Gasteiger partial charge in [0, 0.05) is 25.8 Å². The van der Waals surface area contributed by atoms with Crippen LogP contribution in [0.15, 0.2) is 51.8 Å². The first kappa shape index (κ1) is 19.2. The molecule has 27 heavy (non-hydrogen) atoms. The molecule has 0 saturated carbocycles. The summed E-state index contributed by atoms with van der Waals surface area (Å²) in [6.07, 6.45) is -1.70. The van der Waals surface area contributed by atoms with E-state index >= 15 is 0 Å². The van der Waals surface area contributed by atoms with Crippen molar-refractivity contribution in [2.45, 2.75) is 11.1 Å². The minimum atomic E-state index is -4.11. The maximum atomic E-state index is 14.3. The Morgan fingerprint density at radius 3 is 2.59 bits per heavy atom. The third kappa shape index (κ3) is 3.75. The van der Waals surface area contributed by atoms with E-state index in [0.717, 1.165) is 0 Å². The number of methoxy groups -OCH3 is 1. The zero-order valence-electron chi connectivity index (χ0n) is 14.9. The van der Waals surface area contributed by atoms with Crippen molar-refractivity contribution in [3.8, 4) is 5.75 Å². The Bertz CT molecular complexity index is 1080. The lowest BCUT2D eigenvalue weighted by molar-refractivity contribution is 0.141. The summed E-state index contributed by atoms with van der Waals surface area (Å²) < 4.78 is 52.0. The van der Waals surface area contributed by atoms with E-state index in [1.807, 2.05) is 0 Å². The third-order valence-electron chi connectivity index (χ3n) is 4.00. The molecular formula is C18H19FN2O5S. The fourth-order valence-corrected chi connectivity index (χ4v) is 3.82. The molecular weight excluding hydrogens is 375 g/mol. The maximum Gasteiger partial charge on any atom is 0.246 e. The molecule has 3 rings (SSSR count). The average molecular weight is 394 g/mol. The van der Waals surface area contributed by atoms with Crippen molar-refractivity contribution in [1.82, 2.24) is 4.72 Å². The maximum absolute atomic E-state index is 14.3. The molecule has 9 heteroatoms. The van der Waals surface area contributed by atoms with Crippen LogP contribution in [0.1, 0.15) is 12.0 Å². The number of halogens is 1. The quantitative estimate of drug-likeness (QED) is 0.625. The number of ether oxygens (including phenoxy) is 1. The van der Waals surface area contributed by atoms with Crippen LogP contribution < -0.4 is 14.4 Å². The van der Waals surface area contributed by atoms with Crippen molar-refractivity contribution in [1.29, 1.82) is 0 Å². The minimum absolute atomic E-state index is 0.127. The van der Waals surface area contributed by atoms with E-state index in [1.54, 1.807) is 31.1 Å². The Labute approximate surface area is 156 Å². The lowest BCUT2D eigenvalue weighted by Gasteiger charge is -2.13. The molecule has 0 saturated heterocycles. The molecule has 144 valence electrons. The first-order valence-electron chi connectivity index (χ1n) is 7.96. The summed E-state index contributed by atoms with van der Waals surface area (Å²) in [6, 6.07) is 10.2. The molecule has 1 aromatic heterocycles. The number of fused-ring (bicyclic) bond motifs is 1. The number of hydrogen-bond donors (Lipinski definition) is 2. The second kappa shape index (κ2) is 7.18. The molecule has 7 nitrogen and oxygen atoms in total. The number of para-hydroxylation sites is 1. The monoisotopic (exact) mass is 394 g/mol. The van der Waals surface area contributed by atoms with Gasteiger partial charge in [-0.3, -0.25) is 0 Å². The largest absolute Gasteiger partial charge is 0.495 e. The lowest BCUT2D eigenvalue weighted by atomic mass is 10.2. The van der Waals surface area contributed by atoms with E-state index in [1.165, 1.54) is 37.4 Å². The van der Waals surface area contributed by atoms with Gasteiger partial charge >= 0.3 is 0 Å². The summed E-state index contributed by atoms with van der Waals surface area (Å²) in [4.78, 5) is 1.56. The highest BCUT2D eigenvalue weighted by Gasteiger charge is 2.25. The van der Waals surface area contributed by atoms with Crippen molar-refractivity contribution in [3.05, 3.63) is 54.0 Å². The third-order valence-corrected chi connectivity index (χ3v) is 5.45. The fourth-order valence-electron chi connectivity index (χ4n) is 2.60. The Hall–Kier alpha value is -2.62. The number of sulfonamides is 1. The van der Waals surface area contributed by atoms with Gasteiger partial charge in [-0.2, -0.15) is 4.72 Å². The van der Waals surface area contributed by atoms with Crippen LogP contribution in [-0.4, -0.2) is 34.7 Å². The summed E-state index contributed by atoms with van der Waals surface area (Å²) in [5, 5.41) is 10.4. The standard InChI is InChI=1S/C18H19FN2O5S/c1-21(2)11-8-13(19)12-10-16(26-15(12)9-11)18(22)20-27(23,24)17-7-5-4-6-14(17)25-3/h4-10,18,20,22H,1-3H3. The number of benzene rings is 2. The highest BCUT2D eigenvalue weighted by Crippen LogP contribution is 2.30. The Kier molecular flexibility index (Phi) is 5.09. The van der Waals surface area contributed by atoms with Crippen LogP contribution in [0.3, 0.4) is 0 Å².